The zero-order valence-electron chi connectivity index (χ0n) is 16.9. The molecule has 0 spiro atoms. The van der Waals surface area contributed by atoms with Gasteiger partial charge in [0.15, 0.2) is 0 Å². The van der Waals surface area contributed by atoms with Gasteiger partial charge in [-0.05, 0) is 54.5 Å². The minimum atomic E-state index is -0.482. The van der Waals surface area contributed by atoms with E-state index in [1.165, 1.54) is 0 Å². The van der Waals surface area contributed by atoms with Crippen molar-refractivity contribution in [3.8, 4) is 0 Å². The lowest BCUT2D eigenvalue weighted by Crippen LogP contribution is -2.36. The largest absolute Gasteiger partial charge is 0.444 e. The number of hydrogen-bond acceptors (Lipinski definition) is 6. The van der Waals surface area contributed by atoms with Gasteiger partial charge in [0.1, 0.15) is 5.60 Å². The number of carbonyl (C=O) groups is 1. The maximum absolute atomic E-state index is 11.4. The summed E-state index contributed by atoms with van der Waals surface area (Å²) in [4.78, 5) is 11.4. The van der Waals surface area contributed by atoms with Gasteiger partial charge in [-0.25, -0.2) is 4.79 Å². The Morgan fingerprint density at radius 3 is 1.80 bits per heavy atom. The van der Waals surface area contributed by atoms with Gasteiger partial charge in [-0.2, -0.15) is 0 Å². The van der Waals surface area contributed by atoms with Crippen molar-refractivity contribution in [3.63, 3.8) is 0 Å². The smallest absolute Gasteiger partial charge is 0.407 e. The number of carbonyl (C=O) groups excluding carboxylic acids is 1. The third kappa shape index (κ3) is 21.1. The van der Waals surface area contributed by atoms with Crippen LogP contribution < -0.4 is 10.6 Å². The second kappa shape index (κ2) is 13.3. The van der Waals surface area contributed by atoms with Gasteiger partial charge in [-0.15, -0.1) is 0 Å². The molecule has 0 heterocycles. The molecular weight excluding hydrogens is 324 g/mol. The predicted molar refractivity (Wildman–Crippen MR) is 99.1 cm³/mol. The first-order chi connectivity index (χ1) is 11.6. The molecule has 0 atom stereocenters. The van der Waals surface area contributed by atoms with Crippen molar-refractivity contribution in [2.75, 3.05) is 52.7 Å². The lowest BCUT2D eigenvalue weighted by atomic mass is 10.1. The Hall–Kier alpha value is -0.890. The summed E-state index contributed by atoms with van der Waals surface area (Å²) in [5.74, 6) is 0. The monoisotopic (exact) mass is 362 g/mol. The van der Waals surface area contributed by atoms with Crippen LogP contribution in [0.2, 0.25) is 0 Å². The molecule has 0 aliphatic rings. The van der Waals surface area contributed by atoms with Gasteiger partial charge < -0.3 is 29.6 Å². The van der Waals surface area contributed by atoms with Crippen LogP contribution in [0, 0.1) is 0 Å². The summed E-state index contributed by atoms with van der Waals surface area (Å²) in [7, 11) is 0. The van der Waals surface area contributed by atoms with Crippen molar-refractivity contribution in [1.82, 2.24) is 10.6 Å². The van der Waals surface area contributed by atoms with Gasteiger partial charge >= 0.3 is 6.09 Å². The maximum atomic E-state index is 11.4. The highest BCUT2D eigenvalue weighted by atomic mass is 16.6. The summed E-state index contributed by atoms with van der Waals surface area (Å²) in [5, 5.41) is 6.05. The molecule has 0 unspecified atom stereocenters. The van der Waals surface area contributed by atoms with Crippen LogP contribution in [0.4, 0.5) is 4.79 Å². The molecule has 0 aromatic carbocycles. The number of alkyl carbamates (subject to hydrolysis) is 1. The Morgan fingerprint density at radius 1 is 0.760 bits per heavy atom. The Balaban J connectivity index is 3.21. The highest BCUT2D eigenvalue weighted by Crippen LogP contribution is 2.06. The summed E-state index contributed by atoms with van der Waals surface area (Å²) in [6, 6.07) is 0. The van der Waals surface area contributed by atoms with Crippen molar-refractivity contribution in [1.29, 1.82) is 0 Å². The topological polar surface area (TPSA) is 78.0 Å². The quantitative estimate of drug-likeness (QED) is 0.490. The molecule has 0 saturated heterocycles. The summed E-state index contributed by atoms with van der Waals surface area (Å²) < 4.78 is 21.4. The van der Waals surface area contributed by atoms with Gasteiger partial charge in [0.05, 0.1) is 33.0 Å². The second-order valence-electron chi connectivity index (χ2n) is 7.80. The first-order valence-electron chi connectivity index (χ1n) is 9.05. The van der Waals surface area contributed by atoms with Crippen LogP contribution in [0.3, 0.4) is 0 Å². The molecule has 0 rings (SSSR count). The number of nitrogens with one attached hydrogen (secondary N) is 2. The molecule has 0 aromatic rings. The van der Waals surface area contributed by atoms with Gasteiger partial charge in [0.25, 0.3) is 0 Å². The SMILES string of the molecule is CC(C)(C)NCCCOCCOCCOCCNC(=O)OC(C)(C)C. The maximum Gasteiger partial charge on any atom is 0.407 e. The molecule has 7 heteroatoms. The van der Waals surface area contributed by atoms with Crippen LogP contribution in [-0.2, 0) is 18.9 Å². The Labute approximate surface area is 153 Å². The molecule has 2 N–H and O–H groups in total. The second-order valence-corrected chi connectivity index (χ2v) is 7.80. The van der Waals surface area contributed by atoms with Crippen LogP contribution >= 0.6 is 0 Å². The van der Waals surface area contributed by atoms with E-state index in [0.717, 1.165) is 19.6 Å². The number of ether oxygens (including phenoxy) is 4. The van der Waals surface area contributed by atoms with Crippen LogP contribution in [0.5, 0.6) is 0 Å². The minimum Gasteiger partial charge on any atom is -0.444 e. The fourth-order valence-corrected chi connectivity index (χ4v) is 1.72. The first-order valence-corrected chi connectivity index (χ1v) is 9.05. The van der Waals surface area contributed by atoms with Crippen LogP contribution in [0.25, 0.3) is 0 Å². The lowest BCUT2D eigenvalue weighted by Gasteiger charge is -2.20. The van der Waals surface area contributed by atoms with E-state index in [4.69, 9.17) is 18.9 Å². The van der Waals surface area contributed by atoms with Crippen LogP contribution in [-0.4, -0.2) is 70.0 Å². The van der Waals surface area contributed by atoms with E-state index in [1.54, 1.807) is 0 Å². The summed E-state index contributed by atoms with van der Waals surface area (Å²) >= 11 is 0. The van der Waals surface area contributed by atoms with Crippen molar-refractivity contribution in [2.24, 2.45) is 0 Å². The van der Waals surface area contributed by atoms with E-state index < -0.39 is 11.7 Å². The molecule has 25 heavy (non-hydrogen) atoms. The van der Waals surface area contributed by atoms with Gasteiger partial charge in [-0.1, -0.05) is 0 Å². The molecule has 0 saturated carbocycles. The van der Waals surface area contributed by atoms with Crippen molar-refractivity contribution in [3.05, 3.63) is 0 Å². The van der Waals surface area contributed by atoms with E-state index >= 15 is 0 Å². The van der Waals surface area contributed by atoms with E-state index in [-0.39, 0.29) is 5.54 Å². The minimum absolute atomic E-state index is 0.158. The Bertz CT molecular complexity index is 337. The fourth-order valence-electron chi connectivity index (χ4n) is 1.72. The molecule has 7 nitrogen and oxygen atoms in total. The normalized spacial score (nSPS) is 12.2. The number of rotatable bonds is 13. The first kappa shape index (κ1) is 24.1. The Kier molecular flexibility index (Phi) is 12.9. The number of hydrogen-bond donors (Lipinski definition) is 2. The molecule has 0 aliphatic carbocycles. The summed E-state index contributed by atoms with van der Waals surface area (Å²) in [5.41, 5.74) is -0.324. The van der Waals surface area contributed by atoms with E-state index in [0.29, 0.717) is 39.6 Å². The Morgan fingerprint density at radius 2 is 1.28 bits per heavy atom. The lowest BCUT2D eigenvalue weighted by molar-refractivity contribution is 0.0135. The van der Waals surface area contributed by atoms with Crippen molar-refractivity contribution < 1.29 is 23.7 Å². The highest BCUT2D eigenvalue weighted by Gasteiger charge is 2.15. The van der Waals surface area contributed by atoms with Gasteiger partial charge in [-0.3, -0.25) is 0 Å². The van der Waals surface area contributed by atoms with E-state index in [2.05, 4.69) is 31.4 Å². The third-order valence-electron chi connectivity index (χ3n) is 2.78. The predicted octanol–water partition coefficient (Wildman–Crippen LogP) is 2.34. The average Bonchev–Trinajstić information content (AvgIpc) is 2.44. The van der Waals surface area contributed by atoms with Crippen LogP contribution in [0.15, 0.2) is 0 Å². The number of amides is 1. The molecule has 1 amide bonds. The highest BCUT2D eigenvalue weighted by molar-refractivity contribution is 5.67. The molecule has 0 aliphatic heterocycles. The van der Waals surface area contributed by atoms with Crippen molar-refractivity contribution >= 4 is 6.09 Å². The standard InChI is InChI=1S/C18H38N2O5/c1-17(2,3)20-8-7-10-22-12-14-24-15-13-23-11-9-19-16(21)25-18(4,5)6/h20H,7-15H2,1-6H3,(H,19,21). The molecule has 0 aromatic heterocycles. The molecule has 0 radical (unpaired) electrons. The fraction of sp³-hybridized carbons (Fsp3) is 0.944. The molecular formula is C18H38N2O5. The molecule has 150 valence electrons. The zero-order valence-corrected chi connectivity index (χ0v) is 16.9. The summed E-state index contributed by atoms with van der Waals surface area (Å²) in [6.45, 7) is 16.6. The average molecular weight is 363 g/mol. The van der Waals surface area contributed by atoms with E-state index in [1.807, 2.05) is 20.8 Å². The summed E-state index contributed by atoms with van der Waals surface area (Å²) in [6.07, 6.45) is 0.563. The molecule has 0 bridgehead atoms. The van der Waals surface area contributed by atoms with Crippen molar-refractivity contribution in [2.45, 2.75) is 59.1 Å². The van der Waals surface area contributed by atoms with Gasteiger partial charge in [0, 0.05) is 18.7 Å². The van der Waals surface area contributed by atoms with E-state index in [9.17, 15) is 4.79 Å². The zero-order chi connectivity index (χ0) is 19.2. The molecule has 0 fully saturated rings. The van der Waals surface area contributed by atoms with Crippen LogP contribution in [0.1, 0.15) is 48.0 Å². The third-order valence-corrected chi connectivity index (χ3v) is 2.78. The van der Waals surface area contributed by atoms with Gasteiger partial charge in [0.2, 0.25) is 0 Å².